The molecule has 3 aromatic rings. The van der Waals surface area contributed by atoms with Crippen molar-refractivity contribution in [2.24, 2.45) is 0 Å². The highest BCUT2D eigenvalue weighted by Gasteiger charge is 2.40. The number of carbonyl (C=O) groups excluding carboxylic acids is 2. The van der Waals surface area contributed by atoms with Gasteiger partial charge in [0.05, 0.1) is 29.0 Å². The van der Waals surface area contributed by atoms with Crippen LogP contribution in [0.25, 0.3) is 5.69 Å². The molecule has 2 aromatic carbocycles. The predicted molar refractivity (Wildman–Crippen MR) is 150 cm³/mol. The fraction of sp³-hybridized carbons (Fsp3) is 0.414. The number of ether oxygens (including phenoxy) is 1. The molecule has 0 saturated carbocycles. The van der Waals surface area contributed by atoms with Crippen molar-refractivity contribution >= 4 is 29.4 Å². The molecule has 1 aromatic heterocycles. The van der Waals surface area contributed by atoms with E-state index in [1.54, 1.807) is 17.9 Å². The number of aromatic nitrogens is 2. The van der Waals surface area contributed by atoms with E-state index in [1.807, 2.05) is 32.0 Å². The smallest absolute Gasteiger partial charge is 0.240 e. The molecule has 1 N–H and O–H groups in total. The Hall–Kier alpha value is -3.17. The maximum absolute atomic E-state index is 14.4. The molecule has 9 heteroatoms. The fourth-order valence-corrected chi connectivity index (χ4v) is 5.90. The van der Waals surface area contributed by atoms with E-state index in [2.05, 4.69) is 32.2 Å². The van der Waals surface area contributed by atoms with Crippen LogP contribution in [0.1, 0.15) is 54.0 Å². The Labute approximate surface area is 227 Å². The number of thioether (sulfide) groups is 1. The van der Waals surface area contributed by atoms with Gasteiger partial charge >= 0.3 is 0 Å². The number of amides is 2. The lowest BCUT2D eigenvalue weighted by atomic mass is 9.87. The van der Waals surface area contributed by atoms with Gasteiger partial charge in [0.1, 0.15) is 18.2 Å². The third kappa shape index (κ3) is 5.78. The molecule has 4 rings (SSSR count). The molecule has 1 aliphatic heterocycles. The van der Waals surface area contributed by atoms with Gasteiger partial charge in [-0.15, -0.1) is 11.8 Å². The van der Waals surface area contributed by atoms with Crippen LogP contribution in [-0.2, 0) is 19.7 Å². The van der Waals surface area contributed by atoms with Crippen molar-refractivity contribution in [3.05, 3.63) is 76.2 Å². The first-order valence-electron chi connectivity index (χ1n) is 12.7. The SMILES string of the molecule is COCCNC(=O)CN1C(=O)CSC(c2cccc(F)c2)c2c(C(C)(C)C)nn(-c3ccc(C)cc3C)c21. The highest BCUT2D eigenvalue weighted by molar-refractivity contribution is 8.00. The summed E-state index contributed by atoms with van der Waals surface area (Å²) >= 11 is 1.43. The minimum atomic E-state index is -0.389. The maximum Gasteiger partial charge on any atom is 0.240 e. The molecule has 2 amide bonds. The van der Waals surface area contributed by atoms with Crippen molar-refractivity contribution < 1.29 is 18.7 Å². The summed E-state index contributed by atoms with van der Waals surface area (Å²) in [5.74, 6) is -0.149. The van der Waals surface area contributed by atoms with E-state index in [0.717, 1.165) is 33.6 Å². The van der Waals surface area contributed by atoms with Crippen molar-refractivity contribution in [3.8, 4) is 5.69 Å². The van der Waals surface area contributed by atoms with E-state index in [4.69, 9.17) is 9.84 Å². The first-order valence-corrected chi connectivity index (χ1v) is 13.7. The molecule has 0 spiro atoms. The van der Waals surface area contributed by atoms with Crippen molar-refractivity contribution in [3.63, 3.8) is 0 Å². The van der Waals surface area contributed by atoms with E-state index in [0.29, 0.717) is 19.0 Å². The summed E-state index contributed by atoms with van der Waals surface area (Å²) in [6.45, 7) is 10.8. The van der Waals surface area contributed by atoms with Gasteiger partial charge in [0, 0.05) is 24.6 Å². The molecule has 1 unspecified atom stereocenters. The second kappa shape index (κ2) is 11.3. The zero-order chi connectivity index (χ0) is 27.6. The average Bonchev–Trinajstić information content (AvgIpc) is 3.17. The molecule has 0 aliphatic carbocycles. The van der Waals surface area contributed by atoms with Crippen molar-refractivity contribution in [2.75, 3.05) is 37.5 Å². The Morgan fingerprint density at radius 3 is 2.63 bits per heavy atom. The number of anilines is 1. The highest BCUT2D eigenvalue weighted by atomic mass is 32.2. The van der Waals surface area contributed by atoms with E-state index >= 15 is 0 Å². The number of aryl methyl sites for hydroxylation is 2. The Morgan fingerprint density at radius 1 is 1.21 bits per heavy atom. The van der Waals surface area contributed by atoms with Crippen LogP contribution in [-0.4, -0.2) is 54.2 Å². The summed E-state index contributed by atoms with van der Waals surface area (Å²) < 4.78 is 21.2. The lowest BCUT2D eigenvalue weighted by Crippen LogP contribution is -2.43. The number of rotatable bonds is 7. The zero-order valence-corrected chi connectivity index (χ0v) is 23.6. The van der Waals surface area contributed by atoms with Crippen LogP contribution in [0.15, 0.2) is 42.5 Å². The predicted octanol–water partition coefficient (Wildman–Crippen LogP) is 4.86. The van der Waals surface area contributed by atoms with E-state index in [1.165, 1.54) is 28.8 Å². The van der Waals surface area contributed by atoms with Gasteiger partial charge in [-0.25, -0.2) is 9.07 Å². The minimum Gasteiger partial charge on any atom is -0.383 e. The monoisotopic (exact) mass is 538 g/mol. The van der Waals surface area contributed by atoms with Gasteiger partial charge in [-0.05, 0) is 43.2 Å². The molecule has 1 aliphatic rings. The van der Waals surface area contributed by atoms with Gasteiger partial charge in [0.15, 0.2) is 0 Å². The number of halogens is 1. The Kier molecular flexibility index (Phi) is 8.28. The van der Waals surface area contributed by atoms with Crippen molar-refractivity contribution in [1.29, 1.82) is 0 Å². The van der Waals surface area contributed by atoms with Crippen LogP contribution >= 0.6 is 11.8 Å². The molecule has 0 fully saturated rings. The Morgan fingerprint density at radius 2 is 1.97 bits per heavy atom. The fourth-order valence-electron chi connectivity index (χ4n) is 4.71. The van der Waals surface area contributed by atoms with Gasteiger partial charge in [-0.2, -0.15) is 5.10 Å². The summed E-state index contributed by atoms with van der Waals surface area (Å²) in [7, 11) is 1.57. The summed E-state index contributed by atoms with van der Waals surface area (Å²) in [5.41, 5.74) is 4.91. The molecule has 2 heterocycles. The van der Waals surface area contributed by atoms with Crippen LogP contribution < -0.4 is 10.2 Å². The number of methoxy groups -OCH3 is 1. The van der Waals surface area contributed by atoms with Gasteiger partial charge in [0.2, 0.25) is 11.8 Å². The van der Waals surface area contributed by atoms with Crippen molar-refractivity contribution in [1.82, 2.24) is 15.1 Å². The van der Waals surface area contributed by atoms with Gasteiger partial charge in [-0.1, -0.05) is 50.6 Å². The lowest BCUT2D eigenvalue weighted by molar-refractivity contribution is -0.123. The Balaban J connectivity index is 1.98. The molecule has 0 radical (unpaired) electrons. The third-order valence-corrected chi connectivity index (χ3v) is 7.72. The number of nitrogens with zero attached hydrogens (tertiary/aromatic N) is 3. The van der Waals surface area contributed by atoms with Crippen LogP contribution in [0.3, 0.4) is 0 Å². The van der Waals surface area contributed by atoms with Crippen LogP contribution in [0, 0.1) is 19.7 Å². The summed E-state index contributed by atoms with van der Waals surface area (Å²) in [6, 6.07) is 12.6. The molecular formula is C29H35FN4O3S. The van der Waals surface area contributed by atoms with E-state index in [9.17, 15) is 14.0 Å². The Bertz CT molecular complexity index is 1350. The van der Waals surface area contributed by atoms with Crippen LogP contribution in [0.4, 0.5) is 10.2 Å². The first kappa shape index (κ1) is 27.9. The maximum atomic E-state index is 14.4. The minimum absolute atomic E-state index is 0.137. The largest absolute Gasteiger partial charge is 0.383 e. The van der Waals surface area contributed by atoms with Crippen LogP contribution in [0.5, 0.6) is 0 Å². The first-order chi connectivity index (χ1) is 18.0. The molecule has 0 bridgehead atoms. The van der Waals surface area contributed by atoms with E-state index in [-0.39, 0.29) is 40.6 Å². The average molecular weight is 539 g/mol. The number of nitrogens with one attached hydrogen (secondary N) is 1. The zero-order valence-electron chi connectivity index (χ0n) is 22.8. The lowest BCUT2D eigenvalue weighted by Gasteiger charge is -2.25. The second-order valence-electron chi connectivity index (χ2n) is 10.6. The highest BCUT2D eigenvalue weighted by Crippen LogP contribution is 2.48. The number of hydrogen-bond acceptors (Lipinski definition) is 5. The molecular weight excluding hydrogens is 503 g/mol. The number of carbonyl (C=O) groups is 2. The third-order valence-electron chi connectivity index (χ3n) is 6.46. The number of fused-ring (bicyclic) bond motifs is 1. The van der Waals surface area contributed by atoms with Gasteiger partial charge in [-0.3, -0.25) is 14.5 Å². The van der Waals surface area contributed by atoms with Gasteiger partial charge < -0.3 is 10.1 Å². The van der Waals surface area contributed by atoms with E-state index < -0.39 is 0 Å². The van der Waals surface area contributed by atoms with Crippen molar-refractivity contribution in [2.45, 2.75) is 45.3 Å². The molecule has 38 heavy (non-hydrogen) atoms. The molecule has 7 nitrogen and oxygen atoms in total. The summed E-state index contributed by atoms with van der Waals surface area (Å²) in [5, 5.41) is 7.57. The second-order valence-corrected chi connectivity index (χ2v) is 11.7. The summed E-state index contributed by atoms with van der Waals surface area (Å²) in [4.78, 5) is 28.2. The van der Waals surface area contributed by atoms with Crippen LogP contribution in [0.2, 0.25) is 0 Å². The normalized spacial score (nSPS) is 15.8. The quantitative estimate of drug-likeness (QED) is 0.435. The van der Waals surface area contributed by atoms with Gasteiger partial charge in [0.25, 0.3) is 0 Å². The number of benzene rings is 2. The standard InChI is InChI=1S/C29H35FN4O3S/c1-18-10-11-22(19(2)14-18)34-28-25(27(32-34)29(3,4)5)26(20-8-7-9-21(30)15-20)38-17-24(36)33(28)16-23(35)31-12-13-37-6/h7-11,14-15,26H,12-13,16-17H2,1-6H3,(H,31,35). The molecule has 1 atom stereocenters. The molecule has 202 valence electrons. The number of hydrogen-bond donors (Lipinski definition) is 1. The topological polar surface area (TPSA) is 76.5 Å². The molecule has 0 saturated heterocycles. The summed E-state index contributed by atoms with van der Waals surface area (Å²) in [6.07, 6.45) is 0.